The van der Waals surface area contributed by atoms with Crippen molar-refractivity contribution in [3.8, 4) is 17.2 Å². The predicted octanol–water partition coefficient (Wildman–Crippen LogP) is 8.52. The van der Waals surface area contributed by atoms with Crippen molar-refractivity contribution < 1.29 is 22.7 Å². The van der Waals surface area contributed by atoms with E-state index in [2.05, 4.69) is 32.0 Å². The van der Waals surface area contributed by atoms with Gasteiger partial charge in [0.25, 0.3) is 5.92 Å². The van der Waals surface area contributed by atoms with Crippen LogP contribution in [-0.2, 0) is 17.1 Å². The first-order chi connectivity index (χ1) is 26.4. The lowest BCUT2D eigenvalue weighted by molar-refractivity contribution is 0.0126. The van der Waals surface area contributed by atoms with Crippen molar-refractivity contribution in [2.24, 2.45) is 11.8 Å². The molecule has 6 atom stereocenters. The number of piperidine rings is 1. The number of alkyl halides is 2. The number of halogens is 5. The molecule has 3 aromatic heterocycles. The monoisotopic (exact) mass is 788 g/mol. The molecule has 4 bridgehead atoms. The van der Waals surface area contributed by atoms with E-state index < -0.39 is 23.9 Å². The van der Waals surface area contributed by atoms with Crippen LogP contribution in [0.5, 0.6) is 0 Å². The smallest absolute Gasteiger partial charge is 0.410 e. The zero-order chi connectivity index (χ0) is 38.5. The number of hydrogen-bond donors (Lipinski definition) is 1. The molecular weight excluding hydrogens is 752 g/mol. The van der Waals surface area contributed by atoms with Crippen molar-refractivity contribution in [2.45, 2.75) is 69.6 Å². The standard InChI is InChI=1S/C40H37Cl2F3N8O2/c1-19-25-13-29(37-22-10-23(52(37)39(54)55-3)17-51(16-22)31-14-30(40(2,44)45)48-18-49-31)53(36-21-12-28(36)47-15-21)38(25)26-11-20(6-5-9-46)32(34(43)35(26)50-19)24-7-4-8-27(41)33(24)42/h4,7-8,11,13-14,18,21-23,28,36-37,47H,5-6,10,12,15-17H2,1-3H3. The molecule has 4 aliphatic heterocycles. The number of rotatable bonds is 7. The highest BCUT2D eigenvalue weighted by Gasteiger charge is 2.54. The summed E-state index contributed by atoms with van der Waals surface area (Å²) < 4.78 is 53.7. The van der Waals surface area contributed by atoms with E-state index in [9.17, 15) is 18.8 Å². The van der Waals surface area contributed by atoms with Gasteiger partial charge in [-0.25, -0.2) is 24.1 Å². The number of likely N-dealkylation sites (tertiary alicyclic amines) is 1. The Labute approximate surface area is 325 Å². The molecule has 5 aromatic rings. The third kappa shape index (κ3) is 5.62. The third-order valence-electron chi connectivity index (χ3n) is 12.1. The van der Waals surface area contributed by atoms with E-state index in [0.717, 1.165) is 42.8 Å². The van der Waals surface area contributed by atoms with Gasteiger partial charge in [-0.15, -0.1) is 0 Å². The van der Waals surface area contributed by atoms with Crippen LogP contribution in [0.3, 0.4) is 0 Å². The van der Waals surface area contributed by atoms with Crippen LogP contribution in [0.25, 0.3) is 32.9 Å². The Morgan fingerprint density at radius 3 is 2.65 bits per heavy atom. The van der Waals surface area contributed by atoms with E-state index in [0.29, 0.717) is 53.5 Å². The SMILES string of the molecule is COC(=O)N1C2CC(CN(c3cc(C(C)(F)F)ncn3)C2)C1c1cc2c(C)nc3c(F)c(-c4cccc(Cl)c4Cl)c(CCC#N)cc3c2n1C1C2CNC1C2. The second-order valence-electron chi connectivity index (χ2n) is 15.3. The van der Waals surface area contributed by atoms with E-state index in [1.54, 1.807) is 23.1 Å². The molecule has 284 valence electrons. The van der Waals surface area contributed by atoms with Gasteiger partial charge in [-0.2, -0.15) is 14.0 Å². The number of carbonyl (C=O) groups excluding carboxylic acids is 1. The van der Waals surface area contributed by atoms with Gasteiger partial charge in [0.15, 0.2) is 5.82 Å². The number of hydrogen-bond acceptors (Lipinski definition) is 8. The van der Waals surface area contributed by atoms with Gasteiger partial charge in [-0.3, -0.25) is 4.90 Å². The fourth-order valence-corrected chi connectivity index (χ4v) is 10.2. The highest BCUT2D eigenvalue weighted by Crippen LogP contribution is 2.53. The molecule has 15 heteroatoms. The first-order valence-corrected chi connectivity index (χ1v) is 19.2. The summed E-state index contributed by atoms with van der Waals surface area (Å²) in [6.45, 7) is 4.32. The van der Waals surface area contributed by atoms with Crippen LogP contribution in [0.4, 0.5) is 23.8 Å². The van der Waals surface area contributed by atoms with Gasteiger partial charge < -0.3 is 19.5 Å². The molecular formula is C40H37Cl2F3N8O2. The summed E-state index contributed by atoms with van der Waals surface area (Å²) in [5, 5.41) is 15.2. The highest BCUT2D eigenvalue weighted by molar-refractivity contribution is 6.43. The molecule has 1 N–H and O–H groups in total. The summed E-state index contributed by atoms with van der Waals surface area (Å²) >= 11 is 13.1. The third-order valence-corrected chi connectivity index (χ3v) is 13.0. The lowest BCUT2D eigenvalue weighted by Crippen LogP contribution is -2.45. The van der Waals surface area contributed by atoms with Gasteiger partial charge in [0.2, 0.25) is 0 Å². The first-order valence-electron chi connectivity index (χ1n) is 18.4. The molecule has 1 amide bonds. The van der Waals surface area contributed by atoms with Crippen molar-refractivity contribution in [2.75, 3.05) is 31.6 Å². The summed E-state index contributed by atoms with van der Waals surface area (Å²) in [5.41, 5.74) is 3.43. The Kier molecular flexibility index (Phi) is 8.67. The Balaban J connectivity index is 1.26. The van der Waals surface area contributed by atoms with Crippen molar-refractivity contribution in [1.29, 1.82) is 5.26 Å². The lowest BCUT2D eigenvalue weighted by atomic mass is 9.79. The highest BCUT2D eigenvalue weighted by atomic mass is 35.5. The first kappa shape index (κ1) is 36.0. The number of carbonyl (C=O) groups is 1. The van der Waals surface area contributed by atoms with E-state index in [-0.39, 0.29) is 63.7 Å². The molecule has 1 saturated carbocycles. The number of methoxy groups -OCH3 is 1. The number of aromatic nitrogens is 4. The summed E-state index contributed by atoms with van der Waals surface area (Å²) in [5.74, 6) is -3.13. The van der Waals surface area contributed by atoms with E-state index >= 15 is 4.39 Å². The number of aryl methyl sites for hydroxylation is 2. The minimum Gasteiger partial charge on any atom is -0.453 e. The second-order valence-corrected chi connectivity index (χ2v) is 16.1. The maximum atomic E-state index is 17.3. The number of anilines is 1. The number of nitrogens with zero attached hydrogens (tertiary/aromatic N) is 7. The number of nitriles is 1. The molecule has 0 radical (unpaired) electrons. The Bertz CT molecular complexity index is 2430. The Morgan fingerprint density at radius 1 is 1.13 bits per heavy atom. The Morgan fingerprint density at radius 2 is 1.95 bits per heavy atom. The number of benzene rings is 2. The van der Waals surface area contributed by atoms with Crippen molar-refractivity contribution >= 4 is 56.9 Å². The van der Waals surface area contributed by atoms with Gasteiger partial charge >= 0.3 is 6.09 Å². The minimum absolute atomic E-state index is 0.0254. The molecule has 6 unspecified atom stereocenters. The quantitative estimate of drug-likeness (QED) is 0.175. The normalized spacial score (nSPS) is 24.4. The molecule has 55 heavy (non-hydrogen) atoms. The molecule has 0 spiro atoms. The summed E-state index contributed by atoms with van der Waals surface area (Å²) in [6, 6.07) is 12.1. The number of ether oxygens (including phenoxy) is 1. The molecule has 2 aromatic carbocycles. The van der Waals surface area contributed by atoms with Crippen LogP contribution in [0, 0.1) is 35.9 Å². The largest absolute Gasteiger partial charge is 0.453 e. The Hall–Kier alpha value is -4.64. The fourth-order valence-electron chi connectivity index (χ4n) is 9.76. The summed E-state index contributed by atoms with van der Waals surface area (Å²) in [7, 11) is 1.36. The molecule has 7 heterocycles. The molecule has 5 fully saturated rings. The fraction of sp³-hybridized carbons (Fsp3) is 0.425. The van der Waals surface area contributed by atoms with Crippen molar-refractivity contribution in [3.63, 3.8) is 0 Å². The molecule has 10 nitrogen and oxygen atoms in total. The molecule has 1 aliphatic carbocycles. The van der Waals surface area contributed by atoms with Gasteiger partial charge in [-0.05, 0) is 55.9 Å². The maximum absolute atomic E-state index is 17.3. The van der Waals surface area contributed by atoms with Crippen LogP contribution < -0.4 is 10.2 Å². The van der Waals surface area contributed by atoms with Crippen LogP contribution >= 0.6 is 23.2 Å². The number of nitrogens with one attached hydrogen (secondary N) is 1. The zero-order valence-electron chi connectivity index (χ0n) is 30.3. The summed E-state index contributed by atoms with van der Waals surface area (Å²) in [6.07, 6.45) is 2.76. The second kappa shape index (κ2) is 13.2. The minimum atomic E-state index is -3.14. The van der Waals surface area contributed by atoms with Crippen molar-refractivity contribution in [3.05, 3.63) is 81.2 Å². The molecule has 5 aliphatic rings. The van der Waals surface area contributed by atoms with Crippen LogP contribution in [0.1, 0.15) is 60.9 Å². The van der Waals surface area contributed by atoms with Crippen molar-refractivity contribution in [1.82, 2.24) is 29.7 Å². The number of fused-ring (bicyclic) bond motifs is 6. The van der Waals surface area contributed by atoms with Gasteiger partial charge in [-0.1, -0.05) is 35.3 Å². The van der Waals surface area contributed by atoms with Gasteiger partial charge in [0.1, 0.15) is 23.4 Å². The molecule has 10 rings (SSSR count). The van der Waals surface area contributed by atoms with Crippen LogP contribution in [0.2, 0.25) is 10.0 Å². The average molecular weight is 790 g/mol. The lowest BCUT2D eigenvalue weighted by Gasteiger charge is -2.40. The van der Waals surface area contributed by atoms with Crippen LogP contribution in [-0.4, -0.2) is 69.3 Å². The topological polar surface area (TPSA) is 112 Å². The number of amides is 1. The summed E-state index contributed by atoms with van der Waals surface area (Å²) in [4.78, 5) is 30.6. The van der Waals surface area contributed by atoms with Gasteiger partial charge in [0, 0.05) is 84.3 Å². The average Bonchev–Trinajstić information content (AvgIpc) is 3.95. The van der Waals surface area contributed by atoms with Gasteiger partial charge in [0.05, 0.1) is 46.9 Å². The van der Waals surface area contributed by atoms with E-state index in [1.807, 2.05) is 17.9 Å². The molecule has 4 saturated heterocycles. The predicted molar refractivity (Wildman–Crippen MR) is 203 cm³/mol. The zero-order valence-corrected chi connectivity index (χ0v) is 31.8. The van der Waals surface area contributed by atoms with E-state index in [1.165, 1.54) is 13.2 Å². The van der Waals surface area contributed by atoms with E-state index in [4.69, 9.17) is 32.9 Å². The maximum Gasteiger partial charge on any atom is 0.410 e. The number of pyridine rings is 1. The van der Waals surface area contributed by atoms with Crippen LogP contribution in [0.15, 0.2) is 42.7 Å².